The summed E-state index contributed by atoms with van der Waals surface area (Å²) in [7, 11) is 0. The Balaban J connectivity index is 2.05. The smallest absolute Gasteiger partial charge is 0.238 e. The molecule has 0 aliphatic heterocycles. The molecule has 7 heteroatoms. The topological polar surface area (TPSA) is 32.3 Å². The Labute approximate surface area is 160 Å². The van der Waals surface area contributed by atoms with Gasteiger partial charge in [-0.05, 0) is 30.7 Å². The van der Waals surface area contributed by atoms with Crippen molar-refractivity contribution in [3.05, 3.63) is 61.7 Å². The van der Waals surface area contributed by atoms with Gasteiger partial charge >= 0.3 is 0 Å². The van der Waals surface area contributed by atoms with Gasteiger partial charge in [-0.1, -0.05) is 46.9 Å². The molecule has 1 aromatic carbocycles. The molecule has 1 amide bonds. The number of nitrogens with one attached hydrogen (secondary N) is 1. The first-order valence-corrected chi connectivity index (χ1v) is 9.17. The first kappa shape index (κ1) is 19.3. The summed E-state index contributed by atoms with van der Waals surface area (Å²) in [6, 6.07) is 7.33. The number of aryl methyl sites for hydroxylation is 1. The molecule has 0 saturated heterocycles. The molecule has 0 saturated carbocycles. The number of hydrogen-bond acceptors (Lipinski definition) is 3. The van der Waals surface area contributed by atoms with Gasteiger partial charge in [-0.2, -0.15) is 0 Å². The molecule has 0 radical (unpaired) electrons. The molecule has 1 aromatic heterocycles. The van der Waals surface area contributed by atoms with Crippen molar-refractivity contribution in [3.63, 3.8) is 0 Å². The van der Waals surface area contributed by atoms with Crippen molar-refractivity contribution in [1.29, 1.82) is 0 Å². The minimum atomic E-state index is -0.186. The van der Waals surface area contributed by atoms with E-state index in [0.29, 0.717) is 28.8 Å². The number of anilines is 1. The zero-order valence-electron chi connectivity index (χ0n) is 13.1. The summed E-state index contributed by atoms with van der Waals surface area (Å²) in [4.78, 5) is 15.4. The number of rotatable bonds is 7. The third-order valence-corrected chi connectivity index (χ3v) is 5.33. The van der Waals surface area contributed by atoms with E-state index < -0.39 is 0 Å². The summed E-state index contributed by atoms with van der Waals surface area (Å²) in [6.45, 7) is 7.00. The highest BCUT2D eigenvalue weighted by Gasteiger charge is 2.15. The SMILES string of the molecule is C=CCN(CC(=O)Nc1c(Cl)ccc(C)c1Cl)Cc1ccc(Cl)s1. The van der Waals surface area contributed by atoms with Crippen LogP contribution in [-0.2, 0) is 11.3 Å². The highest BCUT2D eigenvalue weighted by Crippen LogP contribution is 2.32. The molecule has 0 spiro atoms. The standard InChI is InChI=1S/C17H17Cl3N2OS/c1-3-8-22(9-12-5-7-14(19)24-12)10-15(23)21-17-13(18)6-4-11(2)16(17)20/h3-7H,1,8-10H2,2H3,(H,21,23). The van der Waals surface area contributed by atoms with Crippen molar-refractivity contribution in [2.45, 2.75) is 13.5 Å². The van der Waals surface area contributed by atoms with E-state index in [1.54, 1.807) is 12.1 Å². The molecule has 0 atom stereocenters. The number of thiophene rings is 1. The van der Waals surface area contributed by atoms with Crippen LogP contribution in [0.1, 0.15) is 10.4 Å². The van der Waals surface area contributed by atoms with Gasteiger partial charge in [-0.25, -0.2) is 0 Å². The lowest BCUT2D eigenvalue weighted by Crippen LogP contribution is -2.33. The van der Waals surface area contributed by atoms with Crippen LogP contribution in [0, 0.1) is 6.92 Å². The molecule has 0 aliphatic carbocycles. The molecule has 2 rings (SSSR count). The van der Waals surface area contributed by atoms with Gasteiger partial charge in [0.1, 0.15) is 0 Å². The van der Waals surface area contributed by atoms with Crippen molar-refractivity contribution in [2.75, 3.05) is 18.4 Å². The molecule has 0 aliphatic rings. The van der Waals surface area contributed by atoms with Crippen LogP contribution in [0.25, 0.3) is 0 Å². The lowest BCUT2D eigenvalue weighted by molar-refractivity contribution is -0.117. The summed E-state index contributed by atoms with van der Waals surface area (Å²) in [5.74, 6) is -0.186. The zero-order chi connectivity index (χ0) is 17.7. The molecule has 24 heavy (non-hydrogen) atoms. The van der Waals surface area contributed by atoms with Crippen LogP contribution in [0.4, 0.5) is 5.69 Å². The van der Waals surface area contributed by atoms with Gasteiger partial charge in [-0.15, -0.1) is 17.9 Å². The second kappa shape index (κ2) is 8.88. The summed E-state index contributed by atoms with van der Waals surface area (Å²) in [6.07, 6.45) is 1.76. The van der Waals surface area contributed by atoms with E-state index in [0.717, 1.165) is 14.8 Å². The van der Waals surface area contributed by atoms with Crippen LogP contribution in [0.3, 0.4) is 0 Å². The van der Waals surface area contributed by atoms with Crippen molar-refractivity contribution in [1.82, 2.24) is 4.90 Å². The highest BCUT2D eigenvalue weighted by atomic mass is 35.5. The minimum Gasteiger partial charge on any atom is -0.322 e. The summed E-state index contributed by atoms with van der Waals surface area (Å²) in [5, 5.41) is 3.67. The van der Waals surface area contributed by atoms with Gasteiger partial charge in [0.15, 0.2) is 0 Å². The lowest BCUT2D eigenvalue weighted by atomic mass is 10.2. The molecular weight excluding hydrogens is 387 g/mol. The number of hydrogen-bond donors (Lipinski definition) is 1. The normalized spacial score (nSPS) is 10.9. The van der Waals surface area contributed by atoms with E-state index >= 15 is 0 Å². The molecule has 2 aromatic rings. The summed E-state index contributed by atoms with van der Waals surface area (Å²) >= 11 is 19.8. The fourth-order valence-electron chi connectivity index (χ4n) is 2.18. The van der Waals surface area contributed by atoms with Crippen molar-refractivity contribution in [3.8, 4) is 0 Å². The first-order valence-electron chi connectivity index (χ1n) is 7.22. The Morgan fingerprint density at radius 1 is 1.29 bits per heavy atom. The monoisotopic (exact) mass is 402 g/mol. The maximum atomic E-state index is 12.4. The second-order valence-corrected chi connectivity index (χ2v) is 7.85. The fraction of sp³-hybridized carbons (Fsp3) is 0.235. The van der Waals surface area contributed by atoms with E-state index in [1.807, 2.05) is 30.0 Å². The average molecular weight is 404 g/mol. The number of carbonyl (C=O) groups excluding carboxylic acids is 1. The Hall–Kier alpha value is -1.04. The van der Waals surface area contributed by atoms with Crippen LogP contribution in [0.2, 0.25) is 14.4 Å². The number of carbonyl (C=O) groups is 1. The molecule has 3 nitrogen and oxygen atoms in total. The predicted molar refractivity (Wildman–Crippen MR) is 105 cm³/mol. The summed E-state index contributed by atoms with van der Waals surface area (Å²) in [5.41, 5.74) is 1.30. The van der Waals surface area contributed by atoms with Gasteiger partial charge in [0.05, 0.1) is 26.6 Å². The largest absolute Gasteiger partial charge is 0.322 e. The van der Waals surface area contributed by atoms with Crippen LogP contribution >= 0.6 is 46.1 Å². The number of nitrogens with zero attached hydrogens (tertiary/aromatic N) is 1. The van der Waals surface area contributed by atoms with Crippen LogP contribution in [0.15, 0.2) is 36.9 Å². The molecule has 128 valence electrons. The molecule has 0 fully saturated rings. The third kappa shape index (κ3) is 5.23. The van der Waals surface area contributed by atoms with E-state index in [-0.39, 0.29) is 12.5 Å². The Kier molecular flexibility index (Phi) is 7.14. The van der Waals surface area contributed by atoms with Crippen LogP contribution in [-0.4, -0.2) is 23.9 Å². The van der Waals surface area contributed by atoms with E-state index in [1.165, 1.54) is 11.3 Å². The van der Waals surface area contributed by atoms with Gasteiger partial charge < -0.3 is 5.32 Å². The highest BCUT2D eigenvalue weighted by molar-refractivity contribution is 7.16. The van der Waals surface area contributed by atoms with Crippen LogP contribution in [0.5, 0.6) is 0 Å². The number of halogens is 3. The van der Waals surface area contributed by atoms with Crippen LogP contribution < -0.4 is 5.32 Å². The molecule has 1 N–H and O–H groups in total. The average Bonchev–Trinajstić information content (AvgIpc) is 2.93. The van der Waals surface area contributed by atoms with Gasteiger partial charge in [0.2, 0.25) is 5.91 Å². The zero-order valence-corrected chi connectivity index (χ0v) is 16.2. The summed E-state index contributed by atoms with van der Waals surface area (Å²) < 4.78 is 0.728. The number of amides is 1. The van der Waals surface area contributed by atoms with Gasteiger partial charge in [0.25, 0.3) is 0 Å². The predicted octanol–water partition coefficient (Wildman–Crippen LogP) is 5.64. The Bertz CT molecular complexity index is 745. The second-order valence-electron chi connectivity index (χ2n) is 5.27. The Morgan fingerprint density at radius 2 is 2.04 bits per heavy atom. The van der Waals surface area contributed by atoms with Crippen molar-refractivity contribution < 1.29 is 4.79 Å². The molecule has 0 unspecified atom stereocenters. The third-order valence-electron chi connectivity index (χ3n) is 3.31. The quantitative estimate of drug-likeness (QED) is 0.606. The number of benzene rings is 1. The minimum absolute atomic E-state index is 0.186. The fourth-order valence-corrected chi connectivity index (χ4v) is 3.77. The van der Waals surface area contributed by atoms with E-state index in [4.69, 9.17) is 34.8 Å². The van der Waals surface area contributed by atoms with E-state index in [9.17, 15) is 4.79 Å². The van der Waals surface area contributed by atoms with Gasteiger partial charge in [0, 0.05) is 18.0 Å². The maximum absolute atomic E-state index is 12.4. The first-order chi connectivity index (χ1) is 11.4. The van der Waals surface area contributed by atoms with Gasteiger partial charge in [-0.3, -0.25) is 9.69 Å². The maximum Gasteiger partial charge on any atom is 0.238 e. The Morgan fingerprint density at radius 3 is 2.67 bits per heavy atom. The van der Waals surface area contributed by atoms with Crippen molar-refractivity contribution >= 4 is 57.7 Å². The van der Waals surface area contributed by atoms with E-state index in [2.05, 4.69) is 11.9 Å². The van der Waals surface area contributed by atoms with Crippen molar-refractivity contribution in [2.24, 2.45) is 0 Å². The molecule has 1 heterocycles. The molecular formula is C17H17Cl3N2OS. The molecule has 0 bridgehead atoms. The lowest BCUT2D eigenvalue weighted by Gasteiger charge is -2.20.